The molecule has 7 heteroatoms. The predicted molar refractivity (Wildman–Crippen MR) is 102 cm³/mol. The average Bonchev–Trinajstić information content (AvgIpc) is 3.26. The highest BCUT2D eigenvalue weighted by Gasteiger charge is 2.46. The highest BCUT2D eigenvalue weighted by Crippen LogP contribution is 2.38. The molecule has 0 radical (unpaired) electrons. The Kier molecular flexibility index (Phi) is 4.28. The molecular formula is C20H24ClN3O3. The monoisotopic (exact) mass is 389 g/mol. The number of amides is 2. The van der Waals surface area contributed by atoms with Crippen molar-refractivity contribution in [2.75, 3.05) is 26.3 Å². The van der Waals surface area contributed by atoms with E-state index in [9.17, 15) is 4.79 Å². The number of nitrogens with zero attached hydrogens (tertiary/aromatic N) is 2. The first-order chi connectivity index (χ1) is 13.1. The third-order valence-electron chi connectivity index (χ3n) is 6.31. The fourth-order valence-corrected chi connectivity index (χ4v) is 4.74. The van der Waals surface area contributed by atoms with Crippen LogP contribution in [0.1, 0.15) is 43.9 Å². The van der Waals surface area contributed by atoms with Crippen LogP contribution in [0.25, 0.3) is 11.1 Å². The second-order valence-electron chi connectivity index (χ2n) is 8.33. The first-order valence-corrected chi connectivity index (χ1v) is 10.2. The number of aromatic nitrogens is 1. The first-order valence-electron chi connectivity index (χ1n) is 9.79. The molecule has 2 saturated heterocycles. The lowest BCUT2D eigenvalue weighted by Gasteiger charge is -2.37. The summed E-state index contributed by atoms with van der Waals surface area (Å²) in [5, 5.41) is 3.90. The van der Waals surface area contributed by atoms with E-state index < -0.39 is 0 Å². The van der Waals surface area contributed by atoms with Gasteiger partial charge in [-0.1, -0.05) is 11.6 Å². The summed E-state index contributed by atoms with van der Waals surface area (Å²) in [6, 6.07) is 5.85. The fourth-order valence-electron chi connectivity index (χ4n) is 4.58. The van der Waals surface area contributed by atoms with Crippen LogP contribution >= 0.6 is 11.6 Å². The van der Waals surface area contributed by atoms with Gasteiger partial charge in [-0.25, -0.2) is 9.78 Å². The number of urea groups is 1. The Morgan fingerprint density at radius 2 is 2.07 bits per heavy atom. The zero-order chi connectivity index (χ0) is 18.4. The summed E-state index contributed by atoms with van der Waals surface area (Å²) in [5.74, 6) is 1.11. The minimum atomic E-state index is 0.0822. The molecule has 0 bridgehead atoms. The van der Waals surface area contributed by atoms with Crippen molar-refractivity contribution < 1.29 is 13.9 Å². The molecule has 1 aromatic heterocycles. The van der Waals surface area contributed by atoms with Crippen molar-refractivity contribution in [1.29, 1.82) is 0 Å². The van der Waals surface area contributed by atoms with Crippen molar-refractivity contribution >= 4 is 28.7 Å². The molecule has 5 rings (SSSR count). The van der Waals surface area contributed by atoms with Crippen LogP contribution in [0, 0.1) is 5.41 Å². The number of carbonyl (C=O) groups is 1. The Morgan fingerprint density at radius 1 is 1.26 bits per heavy atom. The first kappa shape index (κ1) is 17.3. The van der Waals surface area contributed by atoms with Gasteiger partial charge in [-0.15, -0.1) is 0 Å². The van der Waals surface area contributed by atoms with Gasteiger partial charge in [0.1, 0.15) is 5.52 Å². The van der Waals surface area contributed by atoms with Gasteiger partial charge in [0.05, 0.1) is 13.2 Å². The van der Waals surface area contributed by atoms with Crippen LogP contribution in [0.5, 0.6) is 0 Å². The third-order valence-corrected chi connectivity index (χ3v) is 6.55. The number of oxazole rings is 1. The second-order valence-corrected chi connectivity index (χ2v) is 8.76. The second kappa shape index (κ2) is 6.67. The summed E-state index contributed by atoms with van der Waals surface area (Å²) in [7, 11) is 0. The largest absolute Gasteiger partial charge is 0.440 e. The van der Waals surface area contributed by atoms with Crippen LogP contribution in [-0.2, 0) is 4.74 Å². The molecule has 1 aliphatic carbocycles. The molecule has 2 aromatic rings. The maximum Gasteiger partial charge on any atom is 0.317 e. The van der Waals surface area contributed by atoms with Gasteiger partial charge in [0.25, 0.3) is 0 Å². The number of fused-ring (bicyclic) bond motifs is 1. The predicted octanol–water partition coefficient (Wildman–Crippen LogP) is 3.94. The van der Waals surface area contributed by atoms with E-state index in [1.165, 1.54) is 0 Å². The molecule has 3 heterocycles. The van der Waals surface area contributed by atoms with Crippen LogP contribution in [0.15, 0.2) is 22.6 Å². The van der Waals surface area contributed by atoms with Crippen LogP contribution in [0.4, 0.5) is 4.79 Å². The number of likely N-dealkylation sites (tertiary alicyclic amines) is 1. The molecular weight excluding hydrogens is 366 g/mol. The van der Waals surface area contributed by atoms with E-state index in [1.54, 1.807) is 0 Å². The normalized spacial score (nSPS) is 27.1. The Bertz CT molecular complexity index is 855. The van der Waals surface area contributed by atoms with Crippen molar-refractivity contribution in [3.63, 3.8) is 0 Å². The number of halogens is 1. The highest BCUT2D eigenvalue weighted by atomic mass is 35.5. The number of carbonyl (C=O) groups excluding carboxylic acids is 1. The molecule has 2 aliphatic heterocycles. The number of hydrogen-bond donors (Lipinski definition) is 1. The zero-order valence-electron chi connectivity index (χ0n) is 15.2. The van der Waals surface area contributed by atoms with Gasteiger partial charge in [0, 0.05) is 35.5 Å². The van der Waals surface area contributed by atoms with Crippen molar-refractivity contribution in [2.45, 2.75) is 44.1 Å². The number of ether oxygens (including phenoxy) is 1. The van der Waals surface area contributed by atoms with Crippen LogP contribution < -0.4 is 5.32 Å². The molecule has 0 atom stereocenters. The standard InChI is InChI=1S/C20H24ClN3O3/c21-14-3-6-17-16(9-14)23-18(27-17)13-1-4-15(5-2-13)22-19(25)24-8-7-20(10-24)11-26-12-20/h3,6,9,13,15H,1-2,4-5,7-8,10-12H2,(H,22,25). The van der Waals surface area contributed by atoms with Gasteiger partial charge < -0.3 is 19.4 Å². The van der Waals surface area contributed by atoms with Gasteiger partial charge in [0.2, 0.25) is 0 Å². The minimum absolute atomic E-state index is 0.0822. The molecule has 3 aliphatic rings. The number of rotatable bonds is 2. The lowest BCUT2D eigenvalue weighted by atomic mass is 9.85. The SMILES string of the molecule is O=C(NC1CCC(c2nc3cc(Cl)ccc3o2)CC1)N1CCC2(COC2)C1. The maximum absolute atomic E-state index is 12.6. The lowest BCUT2D eigenvalue weighted by molar-refractivity contribution is -0.103. The Balaban J connectivity index is 1.16. The molecule has 1 saturated carbocycles. The summed E-state index contributed by atoms with van der Waals surface area (Å²) in [4.78, 5) is 19.1. The molecule has 1 aromatic carbocycles. The number of benzene rings is 1. The van der Waals surface area contributed by atoms with E-state index in [1.807, 2.05) is 23.1 Å². The topological polar surface area (TPSA) is 67.6 Å². The molecule has 0 unspecified atom stereocenters. The Morgan fingerprint density at radius 3 is 2.78 bits per heavy atom. The van der Waals surface area contributed by atoms with Crippen LogP contribution in [0.3, 0.4) is 0 Å². The quantitative estimate of drug-likeness (QED) is 0.844. The summed E-state index contributed by atoms with van der Waals surface area (Å²) in [6.07, 6.45) is 4.93. The average molecular weight is 390 g/mol. The highest BCUT2D eigenvalue weighted by molar-refractivity contribution is 6.31. The Hall–Kier alpha value is -1.79. The molecule has 144 valence electrons. The third kappa shape index (κ3) is 3.29. The molecule has 1 spiro atoms. The summed E-state index contributed by atoms with van der Waals surface area (Å²) >= 11 is 6.03. The van der Waals surface area contributed by atoms with Crippen LogP contribution in [0.2, 0.25) is 5.02 Å². The van der Waals surface area contributed by atoms with E-state index in [-0.39, 0.29) is 17.5 Å². The van der Waals surface area contributed by atoms with E-state index >= 15 is 0 Å². The van der Waals surface area contributed by atoms with Gasteiger partial charge >= 0.3 is 6.03 Å². The number of nitrogens with one attached hydrogen (secondary N) is 1. The van der Waals surface area contributed by atoms with Crippen molar-refractivity contribution in [3.8, 4) is 0 Å². The molecule has 3 fully saturated rings. The summed E-state index contributed by atoms with van der Waals surface area (Å²) in [5.41, 5.74) is 1.84. The zero-order valence-corrected chi connectivity index (χ0v) is 16.0. The summed E-state index contributed by atoms with van der Waals surface area (Å²) in [6.45, 7) is 3.28. The van der Waals surface area contributed by atoms with Crippen molar-refractivity contribution in [2.24, 2.45) is 5.41 Å². The molecule has 1 N–H and O–H groups in total. The van der Waals surface area contributed by atoms with E-state index in [0.717, 1.165) is 75.4 Å². The van der Waals surface area contributed by atoms with E-state index in [2.05, 4.69) is 10.3 Å². The van der Waals surface area contributed by atoms with Gasteiger partial charge in [-0.2, -0.15) is 0 Å². The van der Waals surface area contributed by atoms with Gasteiger partial charge in [-0.3, -0.25) is 0 Å². The smallest absolute Gasteiger partial charge is 0.317 e. The van der Waals surface area contributed by atoms with Gasteiger partial charge in [-0.05, 0) is 50.3 Å². The Labute approximate surface area is 163 Å². The van der Waals surface area contributed by atoms with Crippen LogP contribution in [-0.4, -0.2) is 48.3 Å². The van der Waals surface area contributed by atoms with Crippen molar-refractivity contribution in [3.05, 3.63) is 29.1 Å². The fraction of sp³-hybridized carbons (Fsp3) is 0.600. The lowest BCUT2D eigenvalue weighted by Crippen LogP contribution is -2.49. The van der Waals surface area contributed by atoms with E-state index in [4.69, 9.17) is 20.8 Å². The van der Waals surface area contributed by atoms with Crippen molar-refractivity contribution in [1.82, 2.24) is 15.2 Å². The molecule has 6 nitrogen and oxygen atoms in total. The maximum atomic E-state index is 12.6. The minimum Gasteiger partial charge on any atom is -0.440 e. The molecule has 27 heavy (non-hydrogen) atoms. The van der Waals surface area contributed by atoms with E-state index in [0.29, 0.717) is 10.9 Å². The molecule has 2 amide bonds. The van der Waals surface area contributed by atoms with Gasteiger partial charge in [0.15, 0.2) is 11.5 Å². The number of hydrogen-bond acceptors (Lipinski definition) is 4. The summed E-state index contributed by atoms with van der Waals surface area (Å²) < 4.78 is 11.3.